The topological polar surface area (TPSA) is 15.3 Å². The lowest BCUT2D eigenvalue weighted by molar-refractivity contribution is 0.213. The molecule has 1 fully saturated rings. The third-order valence-electron chi connectivity index (χ3n) is 3.63. The van der Waals surface area contributed by atoms with Crippen LogP contribution in [0.5, 0.6) is 0 Å². The summed E-state index contributed by atoms with van der Waals surface area (Å²) in [7, 11) is 0. The van der Waals surface area contributed by atoms with Crippen LogP contribution < -0.4 is 5.32 Å². The number of rotatable bonds is 6. The highest BCUT2D eigenvalue weighted by molar-refractivity contribution is 7.98. The molecule has 1 saturated heterocycles. The van der Waals surface area contributed by atoms with Gasteiger partial charge in [0, 0.05) is 12.1 Å². The van der Waals surface area contributed by atoms with Gasteiger partial charge in [0.2, 0.25) is 0 Å². The van der Waals surface area contributed by atoms with Crippen LogP contribution in [0.4, 0.5) is 0 Å². The Morgan fingerprint density at radius 1 is 1.38 bits per heavy atom. The molecule has 1 unspecified atom stereocenters. The summed E-state index contributed by atoms with van der Waals surface area (Å²) in [5, 5.41) is 3.69. The van der Waals surface area contributed by atoms with Crippen molar-refractivity contribution in [1.82, 2.24) is 10.2 Å². The lowest BCUT2D eigenvalue weighted by atomic mass is 9.98. The molecule has 0 aromatic carbocycles. The van der Waals surface area contributed by atoms with Crippen molar-refractivity contribution in [3.63, 3.8) is 0 Å². The molecule has 0 bridgehead atoms. The molecule has 1 rings (SSSR count). The summed E-state index contributed by atoms with van der Waals surface area (Å²) in [4.78, 5) is 2.66. The molecule has 0 saturated carbocycles. The molecular weight excluding hydrogens is 216 g/mol. The van der Waals surface area contributed by atoms with Gasteiger partial charge in [-0.1, -0.05) is 6.92 Å². The number of nitrogens with zero attached hydrogens (tertiary/aromatic N) is 1. The predicted molar refractivity (Wildman–Crippen MR) is 75.4 cm³/mol. The van der Waals surface area contributed by atoms with E-state index in [9.17, 15) is 0 Å². The molecule has 0 aromatic heterocycles. The van der Waals surface area contributed by atoms with E-state index in [0.29, 0.717) is 5.54 Å². The second-order valence-corrected chi connectivity index (χ2v) is 6.16. The first-order valence-electron chi connectivity index (χ1n) is 6.66. The summed E-state index contributed by atoms with van der Waals surface area (Å²) in [5.41, 5.74) is 0.343. The van der Waals surface area contributed by atoms with Crippen molar-refractivity contribution >= 4 is 11.8 Å². The maximum Gasteiger partial charge on any atom is 0.0277 e. The average molecular weight is 244 g/mol. The second kappa shape index (κ2) is 7.57. The summed E-state index contributed by atoms with van der Waals surface area (Å²) < 4.78 is 0. The lowest BCUT2D eigenvalue weighted by Gasteiger charge is -2.32. The highest BCUT2D eigenvalue weighted by Gasteiger charge is 2.26. The lowest BCUT2D eigenvalue weighted by Crippen LogP contribution is -2.48. The van der Waals surface area contributed by atoms with Crippen LogP contribution in [0.3, 0.4) is 0 Å². The summed E-state index contributed by atoms with van der Waals surface area (Å²) in [6.07, 6.45) is 7.46. The van der Waals surface area contributed by atoms with Crippen molar-refractivity contribution in [2.75, 3.05) is 38.2 Å². The number of hydrogen-bond acceptors (Lipinski definition) is 3. The molecule has 0 amide bonds. The molecule has 0 aliphatic carbocycles. The fraction of sp³-hybridized carbons (Fsp3) is 1.00. The van der Waals surface area contributed by atoms with Gasteiger partial charge in [-0.25, -0.2) is 0 Å². The minimum Gasteiger partial charge on any atom is -0.310 e. The van der Waals surface area contributed by atoms with E-state index in [1.807, 2.05) is 11.8 Å². The molecule has 96 valence electrons. The molecule has 16 heavy (non-hydrogen) atoms. The quantitative estimate of drug-likeness (QED) is 0.723. The van der Waals surface area contributed by atoms with E-state index < -0.39 is 0 Å². The van der Waals surface area contributed by atoms with Crippen LogP contribution in [0, 0.1) is 0 Å². The normalized spacial score (nSPS) is 27.9. The Morgan fingerprint density at radius 2 is 2.19 bits per heavy atom. The SMILES string of the molecule is CCC1(C)CN(CCCCSC)CCCN1. The van der Waals surface area contributed by atoms with Crippen LogP contribution in [0.25, 0.3) is 0 Å². The van der Waals surface area contributed by atoms with Crippen LogP contribution in [-0.4, -0.2) is 48.6 Å². The minimum atomic E-state index is 0.343. The molecule has 0 spiro atoms. The molecule has 1 N–H and O–H groups in total. The Bertz CT molecular complexity index is 187. The van der Waals surface area contributed by atoms with Crippen molar-refractivity contribution in [3.05, 3.63) is 0 Å². The van der Waals surface area contributed by atoms with Crippen molar-refractivity contribution in [3.8, 4) is 0 Å². The van der Waals surface area contributed by atoms with Gasteiger partial charge in [-0.15, -0.1) is 0 Å². The molecule has 2 nitrogen and oxygen atoms in total. The number of thioether (sulfide) groups is 1. The van der Waals surface area contributed by atoms with E-state index in [4.69, 9.17) is 0 Å². The Kier molecular flexibility index (Phi) is 6.78. The zero-order chi connectivity index (χ0) is 11.9. The fourth-order valence-corrected chi connectivity index (χ4v) is 2.82. The number of unbranched alkanes of at least 4 members (excludes halogenated alkanes) is 1. The van der Waals surface area contributed by atoms with E-state index in [-0.39, 0.29) is 0 Å². The monoisotopic (exact) mass is 244 g/mol. The first kappa shape index (κ1) is 14.3. The molecule has 1 heterocycles. The minimum absolute atomic E-state index is 0.343. The fourth-order valence-electron chi connectivity index (χ4n) is 2.33. The molecule has 0 radical (unpaired) electrons. The second-order valence-electron chi connectivity index (χ2n) is 5.17. The maximum absolute atomic E-state index is 3.69. The smallest absolute Gasteiger partial charge is 0.0277 e. The van der Waals surface area contributed by atoms with Gasteiger partial charge in [0.15, 0.2) is 0 Å². The number of hydrogen-bond donors (Lipinski definition) is 1. The first-order chi connectivity index (χ1) is 7.70. The Morgan fingerprint density at radius 3 is 2.88 bits per heavy atom. The average Bonchev–Trinajstić information content (AvgIpc) is 2.47. The molecule has 0 aromatic rings. The van der Waals surface area contributed by atoms with Gasteiger partial charge in [0.1, 0.15) is 0 Å². The zero-order valence-electron chi connectivity index (χ0n) is 11.2. The van der Waals surface area contributed by atoms with E-state index in [0.717, 1.165) is 0 Å². The van der Waals surface area contributed by atoms with Gasteiger partial charge in [-0.2, -0.15) is 11.8 Å². The standard InChI is InChI=1S/C13H28N2S/c1-4-13(2)12-15(10-7-8-14-13)9-5-6-11-16-3/h14H,4-12H2,1-3H3. The summed E-state index contributed by atoms with van der Waals surface area (Å²) in [5.74, 6) is 1.32. The molecule has 3 heteroatoms. The molecular formula is C13H28N2S. The van der Waals surface area contributed by atoms with Gasteiger partial charge in [0.25, 0.3) is 0 Å². The maximum atomic E-state index is 3.69. The Hall–Kier alpha value is 0.270. The highest BCUT2D eigenvalue weighted by atomic mass is 32.2. The van der Waals surface area contributed by atoms with Gasteiger partial charge in [0.05, 0.1) is 0 Å². The Balaban J connectivity index is 2.28. The van der Waals surface area contributed by atoms with Gasteiger partial charge in [-0.05, 0) is 64.2 Å². The van der Waals surface area contributed by atoms with Crippen molar-refractivity contribution in [1.29, 1.82) is 0 Å². The largest absolute Gasteiger partial charge is 0.310 e. The predicted octanol–water partition coefficient (Wildman–Crippen LogP) is 2.59. The third-order valence-corrected chi connectivity index (χ3v) is 4.33. The van der Waals surface area contributed by atoms with E-state index >= 15 is 0 Å². The van der Waals surface area contributed by atoms with Crippen molar-refractivity contribution in [2.45, 2.75) is 45.1 Å². The van der Waals surface area contributed by atoms with Crippen molar-refractivity contribution < 1.29 is 0 Å². The van der Waals surface area contributed by atoms with Crippen LogP contribution >= 0.6 is 11.8 Å². The van der Waals surface area contributed by atoms with E-state index in [2.05, 4.69) is 30.3 Å². The summed E-state index contributed by atoms with van der Waals surface area (Å²) >= 11 is 1.97. The van der Waals surface area contributed by atoms with Crippen LogP contribution in [0.1, 0.15) is 39.5 Å². The van der Waals surface area contributed by atoms with Gasteiger partial charge < -0.3 is 10.2 Å². The summed E-state index contributed by atoms with van der Waals surface area (Å²) in [6, 6.07) is 0. The first-order valence-corrected chi connectivity index (χ1v) is 8.06. The van der Waals surface area contributed by atoms with Crippen molar-refractivity contribution in [2.24, 2.45) is 0 Å². The van der Waals surface area contributed by atoms with Crippen LogP contribution in [0.15, 0.2) is 0 Å². The van der Waals surface area contributed by atoms with E-state index in [1.165, 1.54) is 57.6 Å². The van der Waals surface area contributed by atoms with Gasteiger partial charge in [-0.3, -0.25) is 0 Å². The Labute approximate surface area is 106 Å². The highest BCUT2D eigenvalue weighted by Crippen LogP contribution is 2.15. The zero-order valence-corrected chi connectivity index (χ0v) is 12.0. The van der Waals surface area contributed by atoms with Gasteiger partial charge >= 0.3 is 0 Å². The number of nitrogens with one attached hydrogen (secondary N) is 1. The van der Waals surface area contributed by atoms with Crippen LogP contribution in [0.2, 0.25) is 0 Å². The van der Waals surface area contributed by atoms with E-state index in [1.54, 1.807) is 0 Å². The molecule has 1 aliphatic rings. The summed E-state index contributed by atoms with van der Waals surface area (Å²) in [6.45, 7) is 9.64. The molecule has 1 atom stereocenters. The van der Waals surface area contributed by atoms with Crippen LogP contribution in [-0.2, 0) is 0 Å². The third kappa shape index (κ3) is 5.07. The molecule has 1 aliphatic heterocycles.